The van der Waals surface area contributed by atoms with Crippen LogP contribution in [0.5, 0.6) is 0 Å². The van der Waals surface area contributed by atoms with Crippen molar-refractivity contribution >= 4 is 10.8 Å². The van der Waals surface area contributed by atoms with E-state index in [4.69, 9.17) is 0 Å². The number of benzene rings is 1. The highest BCUT2D eigenvalue weighted by molar-refractivity contribution is 7.85. The maximum Gasteiger partial charge on any atom is 0.0561 e. The normalized spacial score (nSPS) is 26.7. The zero-order valence-electron chi connectivity index (χ0n) is 10.6. The Hall–Kier alpha value is -0.670. The highest BCUT2D eigenvalue weighted by Gasteiger charge is 2.26. The van der Waals surface area contributed by atoms with Crippen LogP contribution in [0.1, 0.15) is 31.2 Å². The number of rotatable bonds is 3. The zero-order valence-corrected chi connectivity index (χ0v) is 11.4. The van der Waals surface area contributed by atoms with Gasteiger partial charge in [0.15, 0.2) is 0 Å². The van der Waals surface area contributed by atoms with E-state index >= 15 is 0 Å². The summed E-state index contributed by atoms with van der Waals surface area (Å²) < 4.78 is 12.5. The lowest BCUT2D eigenvalue weighted by molar-refractivity contribution is 0.398. The molecule has 2 rings (SSSR count). The molecule has 0 aromatic heterocycles. The smallest absolute Gasteiger partial charge is 0.0561 e. The molecule has 2 nitrogen and oxygen atoms in total. The molecule has 0 amide bonds. The Morgan fingerprint density at radius 2 is 2.18 bits per heavy atom. The lowest BCUT2D eigenvalue weighted by atomic mass is 9.95. The first-order valence-electron chi connectivity index (χ1n) is 6.35. The molecular formula is C14H21NOS. The van der Waals surface area contributed by atoms with Gasteiger partial charge < -0.3 is 5.32 Å². The predicted molar refractivity (Wildman–Crippen MR) is 72.7 cm³/mol. The molecular weight excluding hydrogens is 230 g/mol. The third-order valence-corrected chi connectivity index (χ3v) is 5.31. The number of nitrogens with one attached hydrogen (secondary N) is 1. The molecule has 1 aromatic carbocycles. The Labute approximate surface area is 106 Å². The molecule has 0 spiro atoms. The minimum Gasteiger partial charge on any atom is -0.317 e. The van der Waals surface area contributed by atoms with Gasteiger partial charge in [0.05, 0.1) is 10.8 Å². The molecule has 3 unspecified atom stereocenters. The molecule has 94 valence electrons. The molecule has 17 heavy (non-hydrogen) atoms. The highest BCUT2D eigenvalue weighted by Crippen LogP contribution is 2.26. The van der Waals surface area contributed by atoms with Crippen molar-refractivity contribution in [3.63, 3.8) is 0 Å². The van der Waals surface area contributed by atoms with Gasteiger partial charge in [-0.05, 0) is 50.9 Å². The van der Waals surface area contributed by atoms with Crippen LogP contribution in [0, 0.1) is 6.92 Å². The summed E-state index contributed by atoms with van der Waals surface area (Å²) in [4.78, 5) is 0.992. The Morgan fingerprint density at radius 3 is 2.88 bits per heavy atom. The lowest BCUT2D eigenvalue weighted by Crippen LogP contribution is -2.35. The second-order valence-electron chi connectivity index (χ2n) is 4.89. The van der Waals surface area contributed by atoms with Gasteiger partial charge in [-0.3, -0.25) is 4.21 Å². The van der Waals surface area contributed by atoms with E-state index in [1.165, 1.54) is 18.4 Å². The van der Waals surface area contributed by atoms with E-state index < -0.39 is 10.8 Å². The van der Waals surface area contributed by atoms with Crippen molar-refractivity contribution in [2.75, 3.05) is 7.05 Å². The molecule has 1 aliphatic carbocycles. The quantitative estimate of drug-likeness (QED) is 0.895. The van der Waals surface area contributed by atoms with Crippen LogP contribution >= 0.6 is 0 Å². The maximum atomic E-state index is 12.5. The molecule has 1 N–H and O–H groups in total. The van der Waals surface area contributed by atoms with Gasteiger partial charge in [0.1, 0.15) is 0 Å². The summed E-state index contributed by atoms with van der Waals surface area (Å²) >= 11 is 0. The molecule has 1 saturated carbocycles. The molecule has 0 bridgehead atoms. The first kappa shape index (κ1) is 12.8. The fourth-order valence-corrected chi connectivity index (χ4v) is 4.22. The van der Waals surface area contributed by atoms with E-state index in [9.17, 15) is 4.21 Å². The van der Waals surface area contributed by atoms with Crippen molar-refractivity contribution < 1.29 is 4.21 Å². The maximum absolute atomic E-state index is 12.5. The Kier molecular flexibility index (Phi) is 4.35. The van der Waals surface area contributed by atoms with Crippen molar-refractivity contribution in [2.24, 2.45) is 0 Å². The van der Waals surface area contributed by atoms with Crippen LogP contribution in [0.3, 0.4) is 0 Å². The molecule has 0 radical (unpaired) electrons. The largest absolute Gasteiger partial charge is 0.317 e. The molecule has 0 saturated heterocycles. The average Bonchev–Trinajstić information content (AvgIpc) is 2.38. The summed E-state index contributed by atoms with van der Waals surface area (Å²) in [5.41, 5.74) is 1.19. The molecule has 3 atom stereocenters. The van der Waals surface area contributed by atoms with Crippen LogP contribution in [-0.4, -0.2) is 22.5 Å². The van der Waals surface area contributed by atoms with Gasteiger partial charge in [-0.2, -0.15) is 0 Å². The van der Waals surface area contributed by atoms with Gasteiger partial charge in [0.25, 0.3) is 0 Å². The lowest BCUT2D eigenvalue weighted by Gasteiger charge is -2.28. The van der Waals surface area contributed by atoms with Crippen molar-refractivity contribution in [1.29, 1.82) is 0 Å². The van der Waals surface area contributed by atoms with E-state index in [1.807, 2.05) is 19.2 Å². The van der Waals surface area contributed by atoms with Crippen LogP contribution in [0.4, 0.5) is 0 Å². The molecule has 3 heteroatoms. The minimum absolute atomic E-state index is 0.322. The molecule has 0 heterocycles. The Balaban J connectivity index is 2.09. The second kappa shape index (κ2) is 5.78. The summed E-state index contributed by atoms with van der Waals surface area (Å²) in [6.07, 6.45) is 4.54. The van der Waals surface area contributed by atoms with Gasteiger partial charge in [-0.15, -0.1) is 0 Å². The van der Waals surface area contributed by atoms with E-state index in [0.29, 0.717) is 11.3 Å². The SMILES string of the molecule is CNC1CCCC(S(=O)c2cccc(C)c2)C1. The molecule has 1 aliphatic rings. The van der Waals surface area contributed by atoms with Crippen LogP contribution in [0.2, 0.25) is 0 Å². The van der Waals surface area contributed by atoms with E-state index in [1.54, 1.807) is 0 Å². The third kappa shape index (κ3) is 3.17. The topological polar surface area (TPSA) is 29.1 Å². The van der Waals surface area contributed by atoms with Crippen molar-refractivity contribution in [3.8, 4) is 0 Å². The standard InChI is InChI=1S/C14H21NOS/c1-11-5-3-7-13(9-11)17(16)14-8-4-6-12(10-14)15-2/h3,5,7,9,12,14-15H,4,6,8,10H2,1-2H3. The van der Waals surface area contributed by atoms with Crippen LogP contribution in [0.25, 0.3) is 0 Å². The summed E-state index contributed by atoms with van der Waals surface area (Å²) in [7, 11) is 1.16. The van der Waals surface area contributed by atoms with Gasteiger partial charge in [0.2, 0.25) is 0 Å². The Morgan fingerprint density at radius 1 is 1.35 bits per heavy atom. The molecule has 1 aromatic rings. The summed E-state index contributed by atoms with van der Waals surface area (Å²) in [5.74, 6) is 0. The molecule has 1 fully saturated rings. The van der Waals surface area contributed by atoms with Crippen molar-refractivity contribution in [1.82, 2.24) is 5.32 Å². The second-order valence-corrected chi connectivity index (χ2v) is 6.62. The fraction of sp³-hybridized carbons (Fsp3) is 0.571. The third-order valence-electron chi connectivity index (χ3n) is 3.56. The van der Waals surface area contributed by atoms with Crippen molar-refractivity contribution in [2.45, 2.75) is 48.8 Å². The highest BCUT2D eigenvalue weighted by atomic mass is 32.2. The van der Waals surface area contributed by atoms with Crippen LogP contribution in [-0.2, 0) is 10.8 Å². The van der Waals surface area contributed by atoms with Crippen LogP contribution in [0.15, 0.2) is 29.2 Å². The first-order valence-corrected chi connectivity index (χ1v) is 7.56. The minimum atomic E-state index is -0.842. The van der Waals surface area contributed by atoms with E-state index in [0.717, 1.165) is 17.7 Å². The Bertz CT molecular complexity index is 405. The van der Waals surface area contributed by atoms with Gasteiger partial charge in [-0.25, -0.2) is 0 Å². The number of aryl methyl sites for hydroxylation is 1. The number of hydrogen-bond donors (Lipinski definition) is 1. The average molecular weight is 251 g/mol. The molecule has 0 aliphatic heterocycles. The zero-order chi connectivity index (χ0) is 12.3. The number of hydrogen-bond acceptors (Lipinski definition) is 2. The van der Waals surface area contributed by atoms with Gasteiger partial charge in [0, 0.05) is 16.2 Å². The van der Waals surface area contributed by atoms with E-state index in [-0.39, 0.29) is 0 Å². The summed E-state index contributed by atoms with van der Waals surface area (Å²) in [6, 6.07) is 8.65. The van der Waals surface area contributed by atoms with Crippen LogP contribution < -0.4 is 5.32 Å². The van der Waals surface area contributed by atoms with E-state index in [2.05, 4.69) is 24.4 Å². The van der Waals surface area contributed by atoms with Gasteiger partial charge >= 0.3 is 0 Å². The monoisotopic (exact) mass is 251 g/mol. The van der Waals surface area contributed by atoms with Gasteiger partial charge in [-0.1, -0.05) is 18.6 Å². The fourth-order valence-electron chi connectivity index (χ4n) is 2.53. The van der Waals surface area contributed by atoms with Crippen molar-refractivity contribution in [3.05, 3.63) is 29.8 Å². The summed E-state index contributed by atoms with van der Waals surface area (Å²) in [5, 5.41) is 3.64. The predicted octanol–water partition coefficient (Wildman–Crippen LogP) is 2.63. The summed E-state index contributed by atoms with van der Waals surface area (Å²) in [6.45, 7) is 2.05. The first-order chi connectivity index (χ1) is 8.20.